The number of anilines is 1. The molecule has 1 N–H and O–H groups in total. The molecule has 0 aliphatic carbocycles. The van der Waals surface area contributed by atoms with E-state index in [1.54, 1.807) is 7.11 Å². The Bertz CT molecular complexity index is 1130. The van der Waals surface area contributed by atoms with E-state index in [4.69, 9.17) is 4.74 Å². The van der Waals surface area contributed by atoms with Crippen molar-refractivity contribution in [1.29, 1.82) is 0 Å². The van der Waals surface area contributed by atoms with Gasteiger partial charge in [0.1, 0.15) is 5.75 Å². The zero-order chi connectivity index (χ0) is 17.5. The minimum atomic E-state index is 0.648. The Labute approximate surface area is 149 Å². The molecular weight excluding hydrogens is 330 g/mol. The van der Waals surface area contributed by atoms with Gasteiger partial charge in [-0.2, -0.15) is 0 Å². The molecule has 4 heterocycles. The van der Waals surface area contributed by atoms with Crippen molar-refractivity contribution < 1.29 is 4.74 Å². The Hall–Kier alpha value is -3.42. The van der Waals surface area contributed by atoms with Crippen LogP contribution in [-0.4, -0.2) is 50.4 Å². The molecule has 0 saturated heterocycles. The van der Waals surface area contributed by atoms with Gasteiger partial charge in [-0.15, -0.1) is 14.8 Å². The van der Waals surface area contributed by atoms with Crippen molar-refractivity contribution in [3.8, 4) is 5.75 Å². The fraction of sp³-hybridized carbons (Fsp3) is 0.222. The van der Waals surface area contributed by atoms with Gasteiger partial charge in [0.05, 0.1) is 7.11 Å². The Morgan fingerprint density at radius 2 is 2.15 bits per heavy atom. The van der Waals surface area contributed by atoms with Crippen molar-refractivity contribution >= 4 is 27.9 Å². The van der Waals surface area contributed by atoms with Gasteiger partial charge in [-0.25, -0.2) is 0 Å². The van der Waals surface area contributed by atoms with Crippen LogP contribution in [0.3, 0.4) is 0 Å². The topological polar surface area (TPSA) is 84.2 Å². The maximum Gasteiger partial charge on any atom is 0.200 e. The van der Waals surface area contributed by atoms with Gasteiger partial charge >= 0.3 is 0 Å². The number of rotatable bonds is 3. The summed E-state index contributed by atoms with van der Waals surface area (Å²) in [5.41, 5.74) is 4.34. The van der Waals surface area contributed by atoms with Crippen molar-refractivity contribution in [2.75, 3.05) is 25.1 Å². The van der Waals surface area contributed by atoms with E-state index in [0.717, 1.165) is 36.6 Å². The quantitative estimate of drug-likeness (QED) is 0.612. The SMILES string of the molecule is COc1ccc2[nH]cc(C3=CCN(c4ccc5nnnn5n4)CC3)c2c1. The number of fused-ring (bicyclic) bond motifs is 2. The average molecular weight is 347 g/mol. The molecule has 0 amide bonds. The number of nitrogens with zero attached hydrogens (tertiary/aromatic N) is 6. The molecule has 0 spiro atoms. The highest BCUT2D eigenvalue weighted by atomic mass is 16.5. The third-order valence-corrected chi connectivity index (χ3v) is 4.82. The first-order valence-corrected chi connectivity index (χ1v) is 8.47. The van der Waals surface area contributed by atoms with E-state index in [1.165, 1.54) is 21.2 Å². The second-order valence-electron chi connectivity index (χ2n) is 6.26. The molecule has 1 aliphatic heterocycles. The molecule has 1 aromatic carbocycles. The van der Waals surface area contributed by atoms with Gasteiger partial charge in [-0.05, 0) is 52.8 Å². The van der Waals surface area contributed by atoms with Crippen molar-refractivity contribution in [2.45, 2.75) is 6.42 Å². The van der Waals surface area contributed by atoms with E-state index in [-0.39, 0.29) is 0 Å². The lowest BCUT2D eigenvalue weighted by Gasteiger charge is -2.27. The van der Waals surface area contributed by atoms with Crippen molar-refractivity contribution in [3.05, 3.63) is 48.2 Å². The smallest absolute Gasteiger partial charge is 0.200 e. The first-order valence-electron chi connectivity index (χ1n) is 8.47. The molecule has 8 heteroatoms. The van der Waals surface area contributed by atoms with Crippen LogP contribution >= 0.6 is 0 Å². The Balaban J connectivity index is 1.44. The predicted molar refractivity (Wildman–Crippen MR) is 98.2 cm³/mol. The van der Waals surface area contributed by atoms with Crippen molar-refractivity contribution in [2.24, 2.45) is 0 Å². The lowest BCUT2D eigenvalue weighted by molar-refractivity contribution is 0.415. The molecule has 8 nitrogen and oxygen atoms in total. The maximum atomic E-state index is 5.37. The molecule has 0 atom stereocenters. The largest absolute Gasteiger partial charge is 0.497 e. The molecule has 0 unspecified atom stereocenters. The van der Waals surface area contributed by atoms with Crippen molar-refractivity contribution in [3.63, 3.8) is 0 Å². The number of H-pyrrole nitrogens is 1. The molecule has 130 valence electrons. The number of aromatic amines is 1. The summed E-state index contributed by atoms with van der Waals surface area (Å²) in [6.07, 6.45) is 5.29. The van der Waals surface area contributed by atoms with Crippen LogP contribution in [0.4, 0.5) is 5.82 Å². The fourth-order valence-corrected chi connectivity index (χ4v) is 3.42. The number of tetrazole rings is 1. The monoisotopic (exact) mass is 347 g/mol. The summed E-state index contributed by atoms with van der Waals surface area (Å²) < 4.78 is 6.83. The Kier molecular flexibility index (Phi) is 3.34. The zero-order valence-corrected chi connectivity index (χ0v) is 14.3. The van der Waals surface area contributed by atoms with Crippen LogP contribution in [0, 0.1) is 0 Å². The van der Waals surface area contributed by atoms with Crippen LogP contribution in [0.2, 0.25) is 0 Å². The molecule has 5 rings (SSSR count). The average Bonchev–Trinajstić information content (AvgIpc) is 3.33. The van der Waals surface area contributed by atoms with Gasteiger partial charge in [0.2, 0.25) is 0 Å². The summed E-state index contributed by atoms with van der Waals surface area (Å²) in [6.45, 7) is 1.69. The number of methoxy groups -OCH3 is 1. The highest BCUT2D eigenvalue weighted by Crippen LogP contribution is 2.32. The van der Waals surface area contributed by atoms with Crippen LogP contribution in [-0.2, 0) is 0 Å². The number of hydrogen-bond donors (Lipinski definition) is 1. The highest BCUT2D eigenvalue weighted by Gasteiger charge is 2.17. The standard InChI is InChI=1S/C18H17N7O/c1-26-13-2-3-16-14(10-13)15(11-19-16)12-6-8-24(9-7-12)18-5-4-17-20-22-23-25(17)21-18/h2-6,10-11,19H,7-9H2,1H3. The first-order chi connectivity index (χ1) is 12.8. The summed E-state index contributed by atoms with van der Waals surface area (Å²) in [5.74, 6) is 1.75. The van der Waals surface area contributed by atoms with Gasteiger partial charge in [0.25, 0.3) is 0 Å². The minimum absolute atomic E-state index is 0.648. The van der Waals surface area contributed by atoms with Crippen LogP contribution < -0.4 is 9.64 Å². The van der Waals surface area contributed by atoms with Crippen LogP contribution in [0.15, 0.2) is 42.6 Å². The summed E-state index contributed by atoms with van der Waals surface area (Å²) in [4.78, 5) is 5.57. The summed E-state index contributed by atoms with van der Waals surface area (Å²) in [5, 5.41) is 17.1. The van der Waals surface area contributed by atoms with Gasteiger partial charge in [0.15, 0.2) is 11.5 Å². The molecule has 4 aromatic rings. The second-order valence-corrected chi connectivity index (χ2v) is 6.26. The lowest BCUT2D eigenvalue weighted by Crippen LogP contribution is -2.29. The third kappa shape index (κ3) is 2.38. The van der Waals surface area contributed by atoms with Gasteiger partial charge < -0.3 is 14.6 Å². The normalized spacial score (nSPS) is 14.8. The highest BCUT2D eigenvalue weighted by molar-refractivity contribution is 5.93. The molecule has 0 bridgehead atoms. The van der Waals surface area contributed by atoms with Crippen LogP contribution in [0.1, 0.15) is 12.0 Å². The van der Waals surface area contributed by atoms with E-state index >= 15 is 0 Å². The predicted octanol–water partition coefficient (Wildman–Crippen LogP) is 2.30. The van der Waals surface area contributed by atoms with E-state index in [2.05, 4.69) is 54.9 Å². The van der Waals surface area contributed by atoms with E-state index < -0.39 is 0 Å². The van der Waals surface area contributed by atoms with Gasteiger partial charge in [-0.3, -0.25) is 0 Å². The molecule has 1 aliphatic rings. The van der Waals surface area contributed by atoms with Gasteiger partial charge in [0, 0.05) is 35.8 Å². The number of ether oxygens (including phenoxy) is 1. The molecule has 0 radical (unpaired) electrons. The summed E-state index contributed by atoms with van der Waals surface area (Å²) in [6, 6.07) is 9.95. The molecule has 3 aromatic heterocycles. The molecule has 26 heavy (non-hydrogen) atoms. The number of nitrogens with one attached hydrogen (secondary N) is 1. The minimum Gasteiger partial charge on any atom is -0.497 e. The number of aromatic nitrogens is 6. The van der Waals surface area contributed by atoms with E-state index in [9.17, 15) is 0 Å². The molecule has 0 saturated carbocycles. The Morgan fingerprint density at radius 1 is 1.19 bits per heavy atom. The van der Waals surface area contributed by atoms with E-state index in [0.29, 0.717) is 5.65 Å². The number of hydrogen-bond acceptors (Lipinski definition) is 6. The Morgan fingerprint density at radius 3 is 3.00 bits per heavy atom. The van der Waals surface area contributed by atoms with Crippen LogP contribution in [0.25, 0.3) is 22.1 Å². The third-order valence-electron chi connectivity index (χ3n) is 4.82. The van der Waals surface area contributed by atoms with E-state index in [1.807, 2.05) is 18.2 Å². The van der Waals surface area contributed by atoms with Crippen molar-refractivity contribution in [1.82, 2.24) is 30.2 Å². The zero-order valence-electron chi connectivity index (χ0n) is 14.3. The number of benzene rings is 1. The molecular formula is C18H17N7O. The lowest BCUT2D eigenvalue weighted by atomic mass is 9.99. The van der Waals surface area contributed by atoms with Gasteiger partial charge in [-0.1, -0.05) is 6.08 Å². The first kappa shape index (κ1) is 14.9. The summed E-state index contributed by atoms with van der Waals surface area (Å²) in [7, 11) is 1.69. The van der Waals surface area contributed by atoms with Crippen LogP contribution in [0.5, 0.6) is 5.75 Å². The fourth-order valence-electron chi connectivity index (χ4n) is 3.42. The summed E-state index contributed by atoms with van der Waals surface area (Å²) >= 11 is 0. The maximum absolute atomic E-state index is 5.37. The second kappa shape index (κ2) is 5.83. The molecule has 0 fully saturated rings.